The van der Waals surface area contributed by atoms with Crippen molar-refractivity contribution >= 4 is 35.0 Å². The molecule has 2 aromatic rings. The summed E-state index contributed by atoms with van der Waals surface area (Å²) in [5, 5.41) is 8.68. The lowest BCUT2D eigenvalue weighted by atomic mass is 10.2. The lowest BCUT2D eigenvalue weighted by Crippen LogP contribution is -1.98. The molecule has 0 aliphatic carbocycles. The number of carbonyl (C=O) groups is 1. The third-order valence-corrected chi connectivity index (χ3v) is 3.61. The predicted molar refractivity (Wildman–Crippen MR) is 79.3 cm³/mol. The first kappa shape index (κ1) is 14.6. The highest BCUT2D eigenvalue weighted by Gasteiger charge is 2.05. The molecule has 2 heterocycles. The van der Waals surface area contributed by atoms with Gasteiger partial charge in [0.1, 0.15) is 18.1 Å². The minimum atomic E-state index is -1.02. The van der Waals surface area contributed by atoms with E-state index >= 15 is 0 Å². The van der Waals surface area contributed by atoms with E-state index in [0.29, 0.717) is 22.4 Å². The van der Waals surface area contributed by atoms with Crippen molar-refractivity contribution in [2.75, 3.05) is 0 Å². The molecule has 20 heavy (non-hydrogen) atoms. The van der Waals surface area contributed by atoms with Crippen molar-refractivity contribution in [3.8, 4) is 5.75 Å². The second kappa shape index (κ2) is 6.54. The fourth-order valence-corrected chi connectivity index (χ4v) is 2.53. The Morgan fingerprint density at radius 1 is 1.45 bits per heavy atom. The summed E-state index contributed by atoms with van der Waals surface area (Å²) >= 11 is 7.30. The van der Waals surface area contributed by atoms with E-state index in [4.69, 9.17) is 21.4 Å². The van der Waals surface area contributed by atoms with E-state index in [1.165, 1.54) is 17.4 Å². The van der Waals surface area contributed by atoms with Crippen molar-refractivity contribution < 1.29 is 14.6 Å². The number of rotatable bonds is 5. The zero-order valence-electron chi connectivity index (χ0n) is 10.7. The van der Waals surface area contributed by atoms with E-state index in [-0.39, 0.29) is 0 Å². The number of halogens is 1. The molecule has 0 atom stereocenters. The fraction of sp³-hybridized carbons (Fsp3) is 0.143. The Bertz CT molecular complexity index is 652. The largest absolute Gasteiger partial charge is 0.486 e. The van der Waals surface area contributed by atoms with E-state index in [2.05, 4.69) is 4.98 Å². The standard InChI is InChI=1S/C14H12ClNO3S/c1-9-2-5-12(11(16-9)4-7-14(17)18)19-8-10-3-6-13(15)20-10/h2-7H,8H2,1H3,(H,17,18). The average Bonchev–Trinajstić information content (AvgIpc) is 2.81. The first-order valence-electron chi connectivity index (χ1n) is 5.80. The molecule has 4 nitrogen and oxygen atoms in total. The second-order valence-corrected chi connectivity index (χ2v) is 5.80. The Hall–Kier alpha value is -1.85. The summed E-state index contributed by atoms with van der Waals surface area (Å²) in [6, 6.07) is 7.29. The predicted octanol–water partition coefficient (Wildman–Crippen LogP) is 3.78. The molecule has 104 valence electrons. The highest BCUT2D eigenvalue weighted by molar-refractivity contribution is 7.16. The van der Waals surface area contributed by atoms with Crippen LogP contribution in [0, 0.1) is 6.92 Å². The highest BCUT2D eigenvalue weighted by Crippen LogP contribution is 2.24. The van der Waals surface area contributed by atoms with Crippen molar-refractivity contribution in [2.45, 2.75) is 13.5 Å². The number of aromatic nitrogens is 1. The van der Waals surface area contributed by atoms with Crippen molar-refractivity contribution in [1.29, 1.82) is 0 Å². The highest BCUT2D eigenvalue weighted by atomic mass is 35.5. The van der Waals surface area contributed by atoms with Gasteiger partial charge < -0.3 is 9.84 Å². The summed E-state index contributed by atoms with van der Waals surface area (Å²) in [5.41, 5.74) is 1.29. The third kappa shape index (κ3) is 4.08. The van der Waals surface area contributed by atoms with Gasteiger partial charge in [0.25, 0.3) is 0 Å². The fourth-order valence-electron chi connectivity index (χ4n) is 1.53. The molecule has 0 aromatic carbocycles. The Morgan fingerprint density at radius 3 is 2.90 bits per heavy atom. The van der Waals surface area contributed by atoms with Crippen LogP contribution in [0.1, 0.15) is 16.3 Å². The van der Waals surface area contributed by atoms with Gasteiger partial charge in [0.05, 0.1) is 4.34 Å². The summed E-state index contributed by atoms with van der Waals surface area (Å²) in [4.78, 5) is 15.8. The van der Waals surface area contributed by atoms with Gasteiger partial charge in [-0.2, -0.15) is 0 Å². The summed E-state index contributed by atoms with van der Waals surface area (Å²) in [7, 11) is 0. The molecule has 6 heteroatoms. The van der Waals surface area contributed by atoms with Crippen LogP contribution in [0.5, 0.6) is 5.75 Å². The summed E-state index contributed by atoms with van der Waals surface area (Å²) < 4.78 is 6.37. The maximum absolute atomic E-state index is 10.6. The molecule has 0 spiro atoms. The van der Waals surface area contributed by atoms with Crippen molar-refractivity contribution in [1.82, 2.24) is 4.98 Å². The van der Waals surface area contributed by atoms with Crippen LogP contribution in [0.15, 0.2) is 30.3 Å². The van der Waals surface area contributed by atoms with E-state index in [1.54, 1.807) is 6.07 Å². The van der Waals surface area contributed by atoms with E-state index in [0.717, 1.165) is 16.6 Å². The number of carboxylic acids is 1. The monoisotopic (exact) mass is 309 g/mol. The molecular weight excluding hydrogens is 298 g/mol. The molecule has 2 rings (SSSR count). The average molecular weight is 310 g/mol. The van der Waals surface area contributed by atoms with Crippen LogP contribution in [-0.4, -0.2) is 16.1 Å². The SMILES string of the molecule is Cc1ccc(OCc2ccc(Cl)s2)c(C=CC(=O)O)n1. The zero-order chi connectivity index (χ0) is 14.5. The number of pyridine rings is 1. The van der Waals surface area contributed by atoms with Crippen LogP contribution in [0.4, 0.5) is 0 Å². The van der Waals surface area contributed by atoms with E-state index in [9.17, 15) is 4.79 Å². The van der Waals surface area contributed by atoms with Crippen LogP contribution >= 0.6 is 22.9 Å². The zero-order valence-corrected chi connectivity index (χ0v) is 12.2. The topological polar surface area (TPSA) is 59.4 Å². The van der Waals surface area contributed by atoms with E-state index in [1.807, 2.05) is 25.1 Å². The molecule has 0 aliphatic heterocycles. The smallest absolute Gasteiger partial charge is 0.328 e. The van der Waals surface area contributed by atoms with Crippen LogP contribution < -0.4 is 4.74 Å². The van der Waals surface area contributed by atoms with Gasteiger partial charge in [-0.3, -0.25) is 0 Å². The molecule has 0 unspecified atom stereocenters. The van der Waals surface area contributed by atoms with Crippen molar-refractivity contribution in [3.63, 3.8) is 0 Å². The molecule has 0 fully saturated rings. The maximum Gasteiger partial charge on any atom is 0.328 e. The molecule has 0 saturated carbocycles. The molecule has 0 amide bonds. The summed E-state index contributed by atoms with van der Waals surface area (Å²) in [5.74, 6) is -0.484. The molecular formula is C14H12ClNO3S. The quantitative estimate of drug-likeness (QED) is 0.854. The summed E-state index contributed by atoms with van der Waals surface area (Å²) in [6.45, 7) is 2.21. The second-order valence-electron chi connectivity index (χ2n) is 4.00. The molecule has 0 aliphatic rings. The van der Waals surface area contributed by atoms with Gasteiger partial charge in [-0.1, -0.05) is 11.6 Å². The van der Waals surface area contributed by atoms with Crippen molar-refractivity contribution in [3.05, 3.63) is 50.9 Å². The first-order valence-corrected chi connectivity index (χ1v) is 7.00. The third-order valence-electron chi connectivity index (χ3n) is 2.41. The first-order chi connectivity index (χ1) is 9.54. The lowest BCUT2D eigenvalue weighted by Gasteiger charge is -2.08. The van der Waals surface area contributed by atoms with Gasteiger partial charge in [-0.05, 0) is 37.3 Å². The van der Waals surface area contributed by atoms with E-state index < -0.39 is 5.97 Å². The molecule has 2 aromatic heterocycles. The lowest BCUT2D eigenvalue weighted by molar-refractivity contribution is -0.131. The number of aliphatic carboxylic acids is 1. The van der Waals surface area contributed by atoms with Crippen LogP contribution in [0.25, 0.3) is 6.08 Å². The van der Waals surface area contributed by atoms with Crippen LogP contribution in [-0.2, 0) is 11.4 Å². The van der Waals surface area contributed by atoms with Gasteiger partial charge in [0, 0.05) is 16.6 Å². The minimum absolute atomic E-state index is 0.371. The Morgan fingerprint density at radius 2 is 2.25 bits per heavy atom. The maximum atomic E-state index is 10.6. The molecule has 0 radical (unpaired) electrons. The van der Waals surface area contributed by atoms with Crippen molar-refractivity contribution in [2.24, 2.45) is 0 Å². The van der Waals surface area contributed by atoms with Crippen LogP contribution in [0.2, 0.25) is 4.34 Å². The number of hydrogen-bond acceptors (Lipinski definition) is 4. The number of nitrogens with zero attached hydrogens (tertiary/aromatic N) is 1. The van der Waals surface area contributed by atoms with Gasteiger partial charge in [0.2, 0.25) is 0 Å². The normalized spacial score (nSPS) is 10.9. The van der Waals surface area contributed by atoms with Gasteiger partial charge in [-0.25, -0.2) is 9.78 Å². The number of ether oxygens (including phenoxy) is 1. The molecule has 0 bridgehead atoms. The van der Waals surface area contributed by atoms with Gasteiger partial charge >= 0.3 is 5.97 Å². The number of carboxylic acid groups (broad SMARTS) is 1. The summed E-state index contributed by atoms with van der Waals surface area (Å²) in [6.07, 6.45) is 2.46. The molecule has 1 N–H and O–H groups in total. The number of hydrogen-bond donors (Lipinski definition) is 1. The Kier molecular flexibility index (Phi) is 4.76. The Labute approximate surface area is 125 Å². The molecule has 0 saturated heterocycles. The van der Waals surface area contributed by atoms with Gasteiger partial charge in [-0.15, -0.1) is 11.3 Å². The minimum Gasteiger partial charge on any atom is -0.486 e. The number of thiophene rings is 1. The number of aryl methyl sites for hydroxylation is 1. The Balaban J connectivity index is 2.15. The van der Waals surface area contributed by atoms with Gasteiger partial charge in [0.15, 0.2) is 0 Å². The van der Waals surface area contributed by atoms with Crippen LogP contribution in [0.3, 0.4) is 0 Å².